The van der Waals surface area contributed by atoms with E-state index in [1.54, 1.807) is 0 Å². The molecule has 0 aromatic heterocycles. The largest absolute Gasteiger partial charge is 0.383 e. The lowest BCUT2D eigenvalue weighted by Crippen LogP contribution is -2.33. The molecule has 0 bridgehead atoms. The van der Waals surface area contributed by atoms with E-state index in [0.29, 0.717) is 0 Å². The summed E-state index contributed by atoms with van der Waals surface area (Å²) in [6.45, 7) is 0.285. The van der Waals surface area contributed by atoms with Crippen LogP contribution in [-0.2, 0) is 14.6 Å². The maximum atomic E-state index is 10.6. The normalized spacial score (nSPS) is 15.1. The molecule has 0 aliphatic rings. The van der Waals surface area contributed by atoms with Gasteiger partial charge in [-0.15, -0.1) is 0 Å². The number of sulfone groups is 1. The minimum absolute atomic E-state index is 0.0131. The zero-order valence-electron chi connectivity index (χ0n) is 6.20. The summed E-state index contributed by atoms with van der Waals surface area (Å²) in [5, 5.41) is 0. The van der Waals surface area contributed by atoms with Gasteiger partial charge in [-0.25, -0.2) is 8.42 Å². The Kier molecular flexibility index (Phi) is 3.85. The SMILES string of the molecule is COCC(N)CS(C)(=O)=O. The van der Waals surface area contributed by atoms with Crippen LogP contribution in [0.15, 0.2) is 0 Å². The molecule has 62 valence electrons. The van der Waals surface area contributed by atoms with Crippen LogP contribution in [0.3, 0.4) is 0 Å². The third kappa shape index (κ3) is 6.00. The molecular formula is C5H13NO3S. The van der Waals surface area contributed by atoms with Gasteiger partial charge in [0.1, 0.15) is 9.84 Å². The summed E-state index contributed by atoms with van der Waals surface area (Å²) in [5.41, 5.74) is 5.37. The number of hydrogen-bond donors (Lipinski definition) is 1. The Morgan fingerprint density at radius 2 is 2.10 bits per heavy atom. The van der Waals surface area contributed by atoms with Gasteiger partial charge in [-0.1, -0.05) is 0 Å². The molecule has 0 aliphatic heterocycles. The van der Waals surface area contributed by atoms with Crippen molar-refractivity contribution >= 4 is 9.84 Å². The quantitative estimate of drug-likeness (QED) is 0.583. The molecule has 0 heterocycles. The van der Waals surface area contributed by atoms with Crippen LogP contribution in [0.2, 0.25) is 0 Å². The van der Waals surface area contributed by atoms with Gasteiger partial charge in [-0.3, -0.25) is 0 Å². The summed E-state index contributed by atoms with van der Waals surface area (Å²) in [6, 6.07) is -0.403. The van der Waals surface area contributed by atoms with Crippen LogP contribution >= 0.6 is 0 Å². The molecule has 4 nitrogen and oxygen atoms in total. The average Bonchev–Trinajstić information content (AvgIpc) is 1.59. The van der Waals surface area contributed by atoms with Crippen LogP contribution in [0.1, 0.15) is 0 Å². The fourth-order valence-electron chi connectivity index (χ4n) is 0.651. The lowest BCUT2D eigenvalue weighted by atomic mass is 10.4. The van der Waals surface area contributed by atoms with E-state index in [2.05, 4.69) is 4.74 Å². The second kappa shape index (κ2) is 3.90. The maximum absolute atomic E-state index is 10.6. The minimum atomic E-state index is -2.95. The van der Waals surface area contributed by atoms with Gasteiger partial charge >= 0.3 is 0 Å². The van der Waals surface area contributed by atoms with E-state index in [9.17, 15) is 8.42 Å². The summed E-state index contributed by atoms with van der Waals surface area (Å²) in [4.78, 5) is 0. The summed E-state index contributed by atoms with van der Waals surface area (Å²) in [6.07, 6.45) is 1.16. The highest BCUT2D eigenvalue weighted by atomic mass is 32.2. The predicted octanol–water partition coefficient (Wildman–Crippen LogP) is -0.995. The standard InChI is InChI=1S/C5H13NO3S/c1-9-3-5(6)4-10(2,7)8/h5H,3-4,6H2,1-2H3. The zero-order valence-corrected chi connectivity index (χ0v) is 7.02. The molecule has 0 rings (SSSR count). The van der Waals surface area contributed by atoms with Gasteiger partial charge < -0.3 is 10.5 Å². The fraction of sp³-hybridized carbons (Fsp3) is 1.00. The molecule has 0 aromatic rings. The summed E-state index contributed by atoms with van der Waals surface area (Å²) in [5.74, 6) is -0.0131. The van der Waals surface area contributed by atoms with Crippen LogP contribution in [0.4, 0.5) is 0 Å². The van der Waals surface area contributed by atoms with E-state index in [0.717, 1.165) is 6.26 Å². The number of ether oxygens (including phenoxy) is 1. The summed E-state index contributed by atoms with van der Waals surface area (Å²) >= 11 is 0. The van der Waals surface area contributed by atoms with Crippen LogP contribution in [-0.4, -0.2) is 40.2 Å². The van der Waals surface area contributed by atoms with E-state index in [4.69, 9.17) is 5.73 Å². The molecule has 0 radical (unpaired) electrons. The van der Waals surface area contributed by atoms with Crippen LogP contribution < -0.4 is 5.73 Å². The Hall–Kier alpha value is -0.130. The molecule has 5 heteroatoms. The van der Waals surface area contributed by atoms with Crippen molar-refractivity contribution in [1.29, 1.82) is 0 Å². The summed E-state index contributed by atoms with van der Waals surface area (Å²) < 4.78 is 25.8. The van der Waals surface area contributed by atoms with Gasteiger partial charge in [0.05, 0.1) is 12.4 Å². The fourth-order valence-corrected chi connectivity index (χ4v) is 1.53. The number of methoxy groups -OCH3 is 1. The molecule has 0 fully saturated rings. The Morgan fingerprint density at radius 3 is 2.40 bits per heavy atom. The van der Waals surface area contributed by atoms with E-state index < -0.39 is 15.9 Å². The van der Waals surface area contributed by atoms with E-state index in [1.165, 1.54) is 7.11 Å². The van der Waals surface area contributed by atoms with E-state index >= 15 is 0 Å². The Bertz CT molecular complexity index is 175. The van der Waals surface area contributed by atoms with Gasteiger partial charge in [-0.05, 0) is 0 Å². The maximum Gasteiger partial charge on any atom is 0.149 e. The van der Waals surface area contributed by atoms with Crippen molar-refractivity contribution in [3.8, 4) is 0 Å². The predicted molar refractivity (Wildman–Crippen MR) is 39.6 cm³/mol. The second-order valence-electron chi connectivity index (χ2n) is 2.31. The molecule has 0 spiro atoms. The van der Waals surface area contributed by atoms with Crippen molar-refractivity contribution in [2.45, 2.75) is 6.04 Å². The second-order valence-corrected chi connectivity index (χ2v) is 4.49. The topological polar surface area (TPSA) is 69.4 Å². The third-order valence-corrected chi connectivity index (χ3v) is 1.93. The lowest BCUT2D eigenvalue weighted by molar-refractivity contribution is 0.186. The Labute approximate surface area is 61.3 Å². The van der Waals surface area contributed by atoms with Crippen molar-refractivity contribution in [2.24, 2.45) is 5.73 Å². The van der Waals surface area contributed by atoms with Crippen molar-refractivity contribution < 1.29 is 13.2 Å². The van der Waals surface area contributed by atoms with Crippen molar-refractivity contribution in [3.63, 3.8) is 0 Å². The molecule has 10 heavy (non-hydrogen) atoms. The third-order valence-electron chi connectivity index (χ3n) is 0.898. The van der Waals surface area contributed by atoms with Crippen LogP contribution in [0.5, 0.6) is 0 Å². The first-order valence-corrected chi connectivity index (χ1v) is 4.94. The lowest BCUT2D eigenvalue weighted by Gasteiger charge is -2.07. The average molecular weight is 167 g/mol. The molecule has 0 amide bonds. The molecule has 0 aliphatic carbocycles. The van der Waals surface area contributed by atoms with Gasteiger partial charge in [0.15, 0.2) is 0 Å². The highest BCUT2D eigenvalue weighted by molar-refractivity contribution is 7.90. The first-order valence-electron chi connectivity index (χ1n) is 2.88. The van der Waals surface area contributed by atoms with E-state index in [1.807, 2.05) is 0 Å². The first-order chi connectivity index (χ1) is 4.45. The van der Waals surface area contributed by atoms with Crippen LogP contribution in [0.25, 0.3) is 0 Å². The molecule has 2 N–H and O–H groups in total. The van der Waals surface area contributed by atoms with Crippen LogP contribution in [0, 0.1) is 0 Å². The van der Waals surface area contributed by atoms with Gasteiger partial charge in [0, 0.05) is 19.4 Å². The highest BCUT2D eigenvalue weighted by Gasteiger charge is 2.09. The number of rotatable bonds is 4. The molecule has 0 aromatic carbocycles. The monoisotopic (exact) mass is 167 g/mol. The van der Waals surface area contributed by atoms with Crippen molar-refractivity contribution in [1.82, 2.24) is 0 Å². The van der Waals surface area contributed by atoms with Gasteiger partial charge in [0.25, 0.3) is 0 Å². The minimum Gasteiger partial charge on any atom is -0.383 e. The first kappa shape index (κ1) is 9.87. The summed E-state index contributed by atoms with van der Waals surface area (Å²) in [7, 11) is -1.46. The zero-order chi connectivity index (χ0) is 8.20. The molecule has 0 saturated heterocycles. The number of hydrogen-bond acceptors (Lipinski definition) is 4. The van der Waals surface area contributed by atoms with Gasteiger partial charge in [-0.2, -0.15) is 0 Å². The Morgan fingerprint density at radius 1 is 1.60 bits per heavy atom. The molecule has 1 atom stereocenters. The smallest absolute Gasteiger partial charge is 0.149 e. The molecular weight excluding hydrogens is 154 g/mol. The highest BCUT2D eigenvalue weighted by Crippen LogP contribution is 1.87. The van der Waals surface area contributed by atoms with E-state index in [-0.39, 0.29) is 12.4 Å². The number of nitrogens with two attached hydrogens (primary N) is 1. The van der Waals surface area contributed by atoms with Gasteiger partial charge in [0.2, 0.25) is 0 Å². The molecule has 0 saturated carbocycles. The molecule has 1 unspecified atom stereocenters. The Balaban J connectivity index is 3.69. The van der Waals surface area contributed by atoms with Crippen molar-refractivity contribution in [2.75, 3.05) is 25.7 Å². The van der Waals surface area contributed by atoms with Crippen molar-refractivity contribution in [3.05, 3.63) is 0 Å².